The molecule has 1 heterocycles. The molecule has 2 heteroatoms. The van der Waals surface area contributed by atoms with Crippen LogP contribution in [0.25, 0.3) is 53.2 Å². The second-order valence-corrected chi connectivity index (χ2v) is 21.0. The molecule has 9 aromatic carbocycles. The summed E-state index contributed by atoms with van der Waals surface area (Å²) in [7, 11) is 0. The predicted molar refractivity (Wildman–Crippen MR) is 272 cm³/mol. The van der Waals surface area contributed by atoms with Gasteiger partial charge in [0.25, 0.3) is 0 Å². The number of hydrogen-bond donors (Lipinski definition) is 0. The van der Waals surface area contributed by atoms with Gasteiger partial charge in [0, 0.05) is 42.6 Å². The van der Waals surface area contributed by atoms with Gasteiger partial charge < -0.3 is 4.90 Å². The van der Waals surface area contributed by atoms with Gasteiger partial charge >= 0.3 is 0 Å². The molecule has 0 unspecified atom stereocenters. The Kier molecular flexibility index (Phi) is 7.55. The van der Waals surface area contributed by atoms with E-state index < -0.39 is 5.41 Å². The van der Waals surface area contributed by atoms with Crippen molar-refractivity contribution in [2.45, 2.75) is 42.9 Å². The van der Waals surface area contributed by atoms with Crippen LogP contribution in [0.4, 0.5) is 17.1 Å². The van der Waals surface area contributed by atoms with Gasteiger partial charge in [0.05, 0.1) is 5.41 Å². The van der Waals surface area contributed by atoms with E-state index in [4.69, 9.17) is 0 Å². The second kappa shape index (κ2) is 13.4. The molecule has 16 rings (SSSR count). The summed E-state index contributed by atoms with van der Waals surface area (Å²) in [5.74, 6) is 3.05. The smallest absolute Gasteiger partial charge is 0.0720 e. The van der Waals surface area contributed by atoms with Crippen LogP contribution in [0.2, 0.25) is 0 Å². The van der Waals surface area contributed by atoms with Crippen LogP contribution in [0.5, 0.6) is 0 Å². The van der Waals surface area contributed by atoms with Gasteiger partial charge in [-0.15, -0.1) is 11.3 Å². The average Bonchev–Trinajstić information content (AvgIpc) is 3.88. The molecule has 2 spiro atoms. The third-order valence-corrected chi connectivity index (χ3v) is 18.3. The van der Waals surface area contributed by atoms with Gasteiger partial charge in [0.2, 0.25) is 0 Å². The van der Waals surface area contributed by atoms with Crippen molar-refractivity contribution >= 4 is 59.3 Å². The number of fused-ring (bicyclic) bond motifs is 13. The van der Waals surface area contributed by atoms with Crippen molar-refractivity contribution in [1.29, 1.82) is 0 Å². The van der Waals surface area contributed by atoms with E-state index in [2.05, 4.69) is 205 Å². The maximum Gasteiger partial charge on any atom is 0.0720 e. The zero-order valence-corrected chi connectivity index (χ0v) is 37.1. The maximum atomic E-state index is 2.67. The Bertz CT molecular complexity index is 3530. The number of anilines is 3. The standard InChI is InChI=1S/C63H47NS/c1-2-14-42-36-47(28-27-41(42)13-1)64(46-16-11-15-43(37-46)49-20-12-21-53-52-19-5-10-26-60(52)65-61(49)53)48-29-30-58-59(38-48)63(54-22-6-3-17-50(54)51-18-4-7-23-55(51)63)57-25-9-8-24-56(57)62(58)44-32-39-31-40(34-44)35-45(62)33-39/h1-30,36-40,44-45H,31-35H2. The summed E-state index contributed by atoms with van der Waals surface area (Å²) in [6, 6.07) is 77.3. The fraction of sp³-hybridized carbons (Fsp3) is 0.175. The summed E-state index contributed by atoms with van der Waals surface area (Å²) in [4.78, 5) is 2.56. The van der Waals surface area contributed by atoms with Gasteiger partial charge in [-0.25, -0.2) is 0 Å². The molecule has 0 aliphatic heterocycles. The second-order valence-electron chi connectivity index (χ2n) is 20.0. The normalized spacial score (nSPS) is 22.6. The molecule has 65 heavy (non-hydrogen) atoms. The van der Waals surface area contributed by atoms with Crippen LogP contribution in [0.15, 0.2) is 200 Å². The fourth-order valence-corrected chi connectivity index (χ4v) is 16.2. The number of nitrogens with zero attached hydrogens (tertiary/aromatic N) is 1. The molecule has 10 aromatic rings. The van der Waals surface area contributed by atoms with Crippen molar-refractivity contribution in [2.24, 2.45) is 23.7 Å². The molecular formula is C63H47NS. The molecule has 310 valence electrons. The zero-order valence-electron chi connectivity index (χ0n) is 36.3. The molecule has 0 saturated heterocycles. The highest BCUT2D eigenvalue weighted by Gasteiger charge is 2.64. The van der Waals surface area contributed by atoms with Crippen molar-refractivity contribution in [2.75, 3.05) is 4.90 Å². The first-order chi connectivity index (χ1) is 32.2. The first kappa shape index (κ1) is 36.6. The van der Waals surface area contributed by atoms with E-state index in [-0.39, 0.29) is 5.41 Å². The molecule has 4 fully saturated rings. The van der Waals surface area contributed by atoms with Gasteiger partial charge in [-0.05, 0) is 165 Å². The van der Waals surface area contributed by atoms with Crippen LogP contribution in [0.3, 0.4) is 0 Å². The molecule has 0 amide bonds. The summed E-state index contributed by atoms with van der Waals surface area (Å²) >= 11 is 1.91. The van der Waals surface area contributed by atoms with Crippen LogP contribution in [-0.4, -0.2) is 0 Å². The summed E-state index contributed by atoms with van der Waals surface area (Å²) in [5.41, 5.74) is 17.3. The molecule has 4 saturated carbocycles. The van der Waals surface area contributed by atoms with Gasteiger partial charge in [-0.1, -0.05) is 158 Å². The third kappa shape index (κ3) is 4.83. The number of thiophene rings is 1. The van der Waals surface area contributed by atoms with Crippen LogP contribution < -0.4 is 4.90 Å². The Labute approximate surface area is 384 Å². The molecule has 1 nitrogen and oxygen atoms in total. The minimum atomic E-state index is -0.456. The molecule has 0 N–H and O–H groups in total. The molecule has 4 bridgehead atoms. The zero-order chi connectivity index (χ0) is 42.4. The van der Waals surface area contributed by atoms with Crippen LogP contribution in [-0.2, 0) is 10.8 Å². The Morgan fingerprint density at radius 1 is 0.385 bits per heavy atom. The maximum absolute atomic E-state index is 2.67. The SMILES string of the molecule is c1cc(-c2cccc3c2sc2ccccc23)cc(N(c2ccc3c(c2)C2(c4ccccc4-c4ccccc42)c2ccccc2C32C3CC4CC(C3)CC2C4)c2ccc3ccccc3c2)c1. The van der Waals surface area contributed by atoms with Gasteiger partial charge in [0.15, 0.2) is 0 Å². The third-order valence-electron chi connectivity index (χ3n) is 17.1. The van der Waals surface area contributed by atoms with Crippen LogP contribution in [0, 0.1) is 23.7 Å². The van der Waals surface area contributed by atoms with Crippen molar-refractivity contribution in [3.05, 3.63) is 234 Å². The molecular weight excluding hydrogens is 803 g/mol. The Morgan fingerprint density at radius 3 is 1.74 bits per heavy atom. The predicted octanol–water partition coefficient (Wildman–Crippen LogP) is 16.8. The number of hydrogen-bond acceptors (Lipinski definition) is 2. The largest absolute Gasteiger partial charge is 0.310 e. The Hall–Kier alpha value is -6.74. The van der Waals surface area contributed by atoms with Crippen molar-refractivity contribution in [1.82, 2.24) is 0 Å². The van der Waals surface area contributed by atoms with Gasteiger partial charge in [0.1, 0.15) is 0 Å². The van der Waals surface area contributed by atoms with Crippen molar-refractivity contribution in [3.8, 4) is 22.3 Å². The number of rotatable bonds is 4. The van der Waals surface area contributed by atoms with E-state index in [0.29, 0.717) is 11.8 Å². The lowest BCUT2D eigenvalue weighted by Gasteiger charge is -2.65. The Balaban J connectivity index is 1.02. The summed E-state index contributed by atoms with van der Waals surface area (Å²) < 4.78 is 2.68. The summed E-state index contributed by atoms with van der Waals surface area (Å²) in [5, 5.41) is 5.16. The minimum absolute atomic E-state index is 0.00771. The topological polar surface area (TPSA) is 3.24 Å². The first-order valence-corrected chi connectivity index (χ1v) is 24.7. The quantitative estimate of drug-likeness (QED) is 0.171. The molecule has 0 radical (unpaired) electrons. The molecule has 6 aliphatic carbocycles. The highest BCUT2D eigenvalue weighted by Crippen LogP contribution is 2.71. The summed E-state index contributed by atoms with van der Waals surface area (Å²) in [6.07, 6.45) is 6.85. The fourth-order valence-electron chi connectivity index (χ4n) is 15.0. The number of benzene rings is 9. The van der Waals surface area contributed by atoms with E-state index in [1.165, 1.54) is 119 Å². The van der Waals surface area contributed by atoms with Crippen LogP contribution >= 0.6 is 11.3 Å². The molecule has 0 atom stereocenters. The molecule has 1 aromatic heterocycles. The first-order valence-electron chi connectivity index (χ1n) is 23.9. The van der Waals surface area contributed by atoms with Gasteiger partial charge in [-0.3, -0.25) is 0 Å². The van der Waals surface area contributed by atoms with E-state index in [1.807, 2.05) is 11.3 Å². The lowest BCUT2D eigenvalue weighted by atomic mass is 9.38. The van der Waals surface area contributed by atoms with Gasteiger partial charge in [-0.2, -0.15) is 0 Å². The lowest BCUT2D eigenvalue weighted by molar-refractivity contribution is -0.0440. The summed E-state index contributed by atoms with van der Waals surface area (Å²) in [6.45, 7) is 0. The van der Waals surface area contributed by atoms with E-state index in [9.17, 15) is 0 Å². The van der Waals surface area contributed by atoms with E-state index >= 15 is 0 Å². The van der Waals surface area contributed by atoms with Crippen molar-refractivity contribution in [3.63, 3.8) is 0 Å². The van der Waals surface area contributed by atoms with Crippen LogP contribution in [0.1, 0.15) is 65.5 Å². The molecule has 6 aliphatic rings. The Morgan fingerprint density at radius 2 is 0.954 bits per heavy atom. The van der Waals surface area contributed by atoms with E-state index in [0.717, 1.165) is 17.5 Å². The monoisotopic (exact) mass is 849 g/mol. The average molecular weight is 850 g/mol. The lowest BCUT2D eigenvalue weighted by Crippen LogP contribution is -2.59. The van der Waals surface area contributed by atoms with Crippen molar-refractivity contribution < 1.29 is 0 Å². The highest BCUT2D eigenvalue weighted by atomic mass is 32.1. The van der Waals surface area contributed by atoms with E-state index in [1.54, 1.807) is 11.1 Å². The highest BCUT2D eigenvalue weighted by molar-refractivity contribution is 7.26. The minimum Gasteiger partial charge on any atom is -0.310 e.